The first kappa shape index (κ1) is 45.9. The van der Waals surface area contributed by atoms with E-state index in [9.17, 15) is 0 Å². The van der Waals surface area contributed by atoms with Gasteiger partial charge in [0, 0.05) is 50.6 Å². The first-order valence-electron chi connectivity index (χ1n) is 27.0. The Hall–Kier alpha value is -5.22. The van der Waals surface area contributed by atoms with Gasteiger partial charge in [0.2, 0.25) is 0 Å². The molecule has 4 atom stereocenters. The van der Waals surface area contributed by atoms with E-state index in [2.05, 4.69) is 235 Å². The molecule has 0 amide bonds. The van der Waals surface area contributed by atoms with Crippen LogP contribution in [0.2, 0.25) is 0 Å². The minimum absolute atomic E-state index is 0.00663. The highest BCUT2D eigenvalue weighted by Crippen LogP contribution is 2.66. The number of aryl methyl sites for hydroxylation is 1. The third kappa shape index (κ3) is 5.95. The lowest BCUT2D eigenvalue weighted by Crippen LogP contribution is -2.64. The average molecular weight is 924 g/mol. The minimum Gasteiger partial charge on any atom is -0.335 e. The van der Waals surface area contributed by atoms with E-state index in [0.717, 1.165) is 12.8 Å². The topological polar surface area (TPSA) is 9.72 Å². The van der Waals surface area contributed by atoms with E-state index in [-0.39, 0.29) is 50.3 Å². The van der Waals surface area contributed by atoms with Crippen LogP contribution >= 0.6 is 0 Å². The molecule has 0 saturated heterocycles. The normalized spacial score (nSPS) is 25.2. The first-order chi connectivity index (χ1) is 32.7. The van der Waals surface area contributed by atoms with E-state index in [0.29, 0.717) is 0 Å². The van der Waals surface area contributed by atoms with Gasteiger partial charge in [0.25, 0.3) is 6.71 Å². The van der Waals surface area contributed by atoms with Crippen LogP contribution in [0.1, 0.15) is 187 Å². The Morgan fingerprint density at radius 3 is 1.69 bits per heavy atom. The Morgan fingerprint density at radius 2 is 1.01 bits per heavy atom. The van der Waals surface area contributed by atoms with Crippen LogP contribution in [0.4, 0.5) is 39.8 Å². The molecule has 6 aromatic rings. The van der Waals surface area contributed by atoms with Crippen molar-refractivity contribution in [3.8, 4) is 0 Å². The van der Waals surface area contributed by atoms with E-state index in [4.69, 9.17) is 0 Å². The summed E-state index contributed by atoms with van der Waals surface area (Å²) in [6, 6.07) is 44.8. The summed E-state index contributed by atoms with van der Waals surface area (Å²) in [5.74, 6) is 0. The zero-order valence-electron chi connectivity index (χ0n) is 45.6. The molecule has 360 valence electrons. The second-order valence-corrected chi connectivity index (χ2v) is 27.7. The summed E-state index contributed by atoms with van der Waals surface area (Å²) in [5.41, 5.74) is 24.8. The number of fused-ring (bicyclic) bond motifs is 12. The van der Waals surface area contributed by atoms with Gasteiger partial charge in [0.1, 0.15) is 0 Å². The van der Waals surface area contributed by atoms with Crippen molar-refractivity contribution < 1.29 is 0 Å². The summed E-state index contributed by atoms with van der Waals surface area (Å²) in [4.78, 5) is 8.48. The van der Waals surface area contributed by atoms with Crippen LogP contribution in [0.3, 0.4) is 0 Å². The summed E-state index contributed by atoms with van der Waals surface area (Å²) >= 11 is 0. The van der Waals surface area contributed by atoms with Crippen molar-refractivity contribution in [2.75, 3.05) is 14.7 Å². The van der Waals surface area contributed by atoms with E-state index in [1.165, 1.54) is 121 Å². The molecule has 6 aliphatic rings. The standard InChI is InChI=1S/C66H78BN3/c1-59(2,3)42-23-27-46(28-24-42)68-54-30-26-44(61(7,8)9)37-51(54)67-52-38-45(62(10,11)12)36-50-58(52)70(65(15)33-20-19-32-63(50,65)13)56-40-47(39-55(68)57(56)67)69-53-29-25-43(60(4,5)6)35-49(53)64(14)34-31-41-21-17-18-22-48(41)66(64,69)16/h17-18,21-30,35-40H,19-20,31-34H2,1-16H3. The fourth-order valence-electron chi connectivity index (χ4n) is 14.9. The van der Waals surface area contributed by atoms with Gasteiger partial charge in [0.15, 0.2) is 0 Å². The lowest BCUT2D eigenvalue weighted by molar-refractivity contribution is 0.195. The number of nitrogens with zero attached hydrogens (tertiary/aromatic N) is 3. The van der Waals surface area contributed by atoms with Crippen molar-refractivity contribution in [2.45, 2.75) is 193 Å². The molecule has 70 heavy (non-hydrogen) atoms. The Labute approximate surface area is 422 Å². The van der Waals surface area contributed by atoms with Crippen LogP contribution in [0.5, 0.6) is 0 Å². The Morgan fingerprint density at radius 1 is 0.443 bits per heavy atom. The number of benzene rings is 6. The third-order valence-electron chi connectivity index (χ3n) is 19.6. The van der Waals surface area contributed by atoms with E-state index >= 15 is 0 Å². The van der Waals surface area contributed by atoms with E-state index in [1.54, 1.807) is 5.56 Å². The Kier molecular flexibility index (Phi) is 9.35. The van der Waals surface area contributed by atoms with Gasteiger partial charge < -0.3 is 14.7 Å². The molecule has 4 heterocycles. The van der Waals surface area contributed by atoms with Gasteiger partial charge in [0.05, 0.1) is 11.1 Å². The lowest BCUT2D eigenvalue weighted by atomic mass is 9.33. The quantitative estimate of drug-likeness (QED) is 0.160. The predicted octanol–water partition coefficient (Wildman–Crippen LogP) is 15.5. The fraction of sp³-hybridized carbons (Fsp3) is 0.455. The second kappa shape index (κ2) is 14.3. The molecule has 2 aliphatic carbocycles. The van der Waals surface area contributed by atoms with Gasteiger partial charge >= 0.3 is 0 Å². The van der Waals surface area contributed by atoms with Crippen LogP contribution < -0.4 is 31.1 Å². The van der Waals surface area contributed by atoms with Gasteiger partial charge in [-0.2, -0.15) is 0 Å². The van der Waals surface area contributed by atoms with Crippen LogP contribution in [-0.2, 0) is 44.4 Å². The molecule has 12 rings (SSSR count). The average Bonchev–Trinajstić information content (AvgIpc) is 3.64. The van der Waals surface area contributed by atoms with Crippen molar-refractivity contribution in [1.82, 2.24) is 0 Å². The number of hydrogen-bond acceptors (Lipinski definition) is 3. The maximum absolute atomic E-state index is 2.96. The van der Waals surface area contributed by atoms with Crippen LogP contribution in [0.25, 0.3) is 0 Å². The molecule has 0 bridgehead atoms. The van der Waals surface area contributed by atoms with Gasteiger partial charge in [-0.1, -0.05) is 183 Å². The molecular formula is C66H78BN3. The lowest BCUT2D eigenvalue weighted by Gasteiger charge is -2.54. The molecule has 0 spiro atoms. The molecule has 3 nitrogen and oxygen atoms in total. The number of anilines is 7. The van der Waals surface area contributed by atoms with Crippen molar-refractivity contribution in [3.63, 3.8) is 0 Å². The molecule has 4 unspecified atom stereocenters. The second-order valence-electron chi connectivity index (χ2n) is 27.7. The SMILES string of the molecule is CC(C)(C)c1ccc(N2c3ccc(C(C)(C)C)cc3B3c4cc(C(C)(C)C)cc5c4N(c4cc(N6c7ccc(C(C)(C)C)cc7C7(C)CCc8ccccc8C67C)cc2c43)C2(C)CCCCC52C)cc1. The maximum Gasteiger partial charge on any atom is 0.252 e. The zero-order valence-corrected chi connectivity index (χ0v) is 45.6. The first-order valence-corrected chi connectivity index (χ1v) is 27.0. The molecule has 0 aromatic heterocycles. The minimum atomic E-state index is -0.345. The highest BCUT2D eigenvalue weighted by molar-refractivity contribution is 7.00. The fourth-order valence-corrected chi connectivity index (χ4v) is 14.9. The molecule has 0 N–H and O–H groups in total. The van der Waals surface area contributed by atoms with Crippen LogP contribution in [-0.4, -0.2) is 12.3 Å². The van der Waals surface area contributed by atoms with Gasteiger partial charge in [-0.15, -0.1) is 0 Å². The summed E-state index contributed by atoms with van der Waals surface area (Å²) < 4.78 is 0. The van der Waals surface area contributed by atoms with Gasteiger partial charge in [-0.25, -0.2) is 0 Å². The summed E-state index contributed by atoms with van der Waals surface area (Å²) in [6.07, 6.45) is 7.06. The van der Waals surface area contributed by atoms with Gasteiger partial charge in [-0.05, 0) is 158 Å². The molecule has 1 fully saturated rings. The molecule has 6 aromatic carbocycles. The number of hydrogen-bond donors (Lipinski definition) is 0. The van der Waals surface area contributed by atoms with E-state index in [1.807, 2.05) is 0 Å². The molecular weight excluding hydrogens is 846 g/mol. The molecule has 0 radical (unpaired) electrons. The van der Waals surface area contributed by atoms with Crippen molar-refractivity contribution >= 4 is 62.9 Å². The summed E-state index contributed by atoms with van der Waals surface area (Å²) in [5, 5.41) is 0. The Bertz CT molecular complexity index is 3190. The van der Waals surface area contributed by atoms with Crippen LogP contribution in [0.15, 0.2) is 109 Å². The molecule has 1 saturated carbocycles. The van der Waals surface area contributed by atoms with E-state index < -0.39 is 0 Å². The van der Waals surface area contributed by atoms with Crippen molar-refractivity contribution in [1.29, 1.82) is 0 Å². The zero-order chi connectivity index (χ0) is 49.7. The highest BCUT2D eigenvalue weighted by atomic mass is 15.3. The number of rotatable bonds is 2. The van der Waals surface area contributed by atoms with Crippen molar-refractivity contribution in [2.24, 2.45) is 0 Å². The largest absolute Gasteiger partial charge is 0.335 e. The monoisotopic (exact) mass is 924 g/mol. The van der Waals surface area contributed by atoms with Crippen LogP contribution in [0, 0.1) is 0 Å². The third-order valence-corrected chi connectivity index (χ3v) is 19.6. The molecule has 4 heteroatoms. The van der Waals surface area contributed by atoms with Crippen molar-refractivity contribution in [3.05, 3.63) is 154 Å². The summed E-state index contributed by atoms with van der Waals surface area (Å²) in [7, 11) is 0. The highest BCUT2D eigenvalue weighted by Gasteiger charge is 2.63. The smallest absolute Gasteiger partial charge is 0.252 e. The predicted molar refractivity (Wildman–Crippen MR) is 301 cm³/mol. The molecule has 4 aliphatic heterocycles. The summed E-state index contributed by atoms with van der Waals surface area (Å²) in [6.45, 7) is 39.1. The maximum atomic E-state index is 2.96. The van der Waals surface area contributed by atoms with Gasteiger partial charge in [-0.3, -0.25) is 0 Å². The Balaban J connectivity index is 1.23.